The van der Waals surface area contributed by atoms with Gasteiger partial charge in [-0.05, 0) is 36.4 Å². The zero-order chi connectivity index (χ0) is 20.1. The third kappa shape index (κ3) is 4.97. The first kappa shape index (κ1) is 20.5. The molecule has 0 saturated carbocycles. The third-order valence-electron chi connectivity index (χ3n) is 5.42. The summed E-state index contributed by atoms with van der Waals surface area (Å²) in [4.78, 5) is 16.2. The van der Waals surface area contributed by atoms with Crippen LogP contribution in [0.25, 0.3) is 0 Å². The maximum atomic E-state index is 12.3. The molecular formula is C21H31N5O2. The number of hydrogen-bond acceptors (Lipinski definition) is 5. The number of amides is 1. The van der Waals surface area contributed by atoms with E-state index in [4.69, 9.17) is 5.11 Å². The summed E-state index contributed by atoms with van der Waals surface area (Å²) in [7, 11) is 1.66. The first-order valence-corrected chi connectivity index (χ1v) is 10.1. The van der Waals surface area contributed by atoms with Crippen molar-refractivity contribution in [1.82, 2.24) is 24.8 Å². The lowest BCUT2D eigenvalue weighted by molar-refractivity contribution is 0.0761. The van der Waals surface area contributed by atoms with Crippen LogP contribution in [0, 0.1) is 0 Å². The topological polar surface area (TPSA) is 74.5 Å². The maximum Gasteiger partial charge on any atom is 0.275 e. The molecular weight excluding hydrogens is 354 g/mol. The number of benzene rings is 1. The summed E-state index contributed by atoms with van der Waals surface area (Å²) in [6, 6.07) is 9.12. The highest BCUT2D eigenvalue weighted by molar-refractivity contribution is 5.91. The molecule has 2 heterocycles. The van der Waals surface area contributed by atoms with Crippen LogP contribution in [-0.2, 0) is 6.54 Å². The monoisotopic (exact) mass is 385 g/mol. The fourth-order valence-electron chi connectivity index (χ4n) is 3.66. The summed E-state index contributed by atoms with van der Waals surface area (Å²) in [5.41, 5.74) is 3.02. The Morgan fingerprint density at radius 2 is 2.07 bits per heavy atom. The molecule has 2 aromatic rings. The van der Waals surface area contributed by atoms with Gasteiger partial charge in [0.15, 0.2) is 5.69 Å². The van der Waals surface area contributed by atoms with Crippen molar-refractivity contribution >= 4 is 5.91 Å². The van der Waals surface area contributed by atoms with Crippen molar-refractivity contribution in [3.8, 4) is 0 Å². The first-order valence-electron chi connectivity index (χ1n) is 10.1. The SMILES string of the molecule is CC(C)c1ccc(CN2CCCC(n3cc(C(=O)N(C)CCO)nn3)C2)cc1. The van der Waals surface area contributed by atoms with Gasteiger partial charge >= 0.3 is 0 Å². The molecule has 7 nitrogen and oxygen atoms in total. The smallest absolute Gasteiger partial charge is 0.275 e. The molecule has 1 aliphatic heterocycles. The van der Waals surface area contributed by atoms with Gasteiger partial charge in [-0.15, -0.1) is 5.10 Å². The van der Waals surface area contributed by atoms with Gasteiger partial charge in [-0.3, -0.25) is 9.69 Å². The van der Waals surface area contributed by atoms with Gasteiger partial charge in [0.2, 0.25) is 0 Å². The van der Waals surface area contributed by atoms with Gasteiger partial charge in [-0.25, -0.2) is 4.68 Å². The van der Waals surface area contributed by atoms with Crippen LogP contribution in [-0.4, -0.2) is 69.1 Å². The quantitative estimate of drug-likeness (QED) is 0.792. The minimum absolute atomic E-state index is 0.0634. The van der Waals surface area contributed by atoms with E-state index in [-0.39, 0.29) is 18.6 Å². The van der Waals surface area contributed by atoms with Crippen molar-refractivity contribution in [1.29, 1.82) is 0 Å². The molecule has 1 aliphatic rings. The fourth-order valence-corrected chi connectivity index (χ4v) is 3.66. The van der Waals surface area contributed by atoms with E-state index >= 15 is 0 Å². The molecule has 1 aromatic heterocycles. The highest BCUT2D eigenvalue weighted by Gasteiger charge is 2.24. The predicted octanol–water partition coefficient (Wildman–Crippen LogP) is 2.30. The van der Waals surface area contributed by atoms with Crippen LogP contribution in [0.1, 0.15) is 60.3 Å². The number of rotatable bonds is 7. The van der Waals surface area contributed by atoms with Gasteiger partial charge in [0, 0.05) is 26.7 Å². The molecule has 0 spiro atoms. The molecule has 1 N–H and O–H groups in total. The zero-order valence-corrected chi connectivity index (χ0v) is 17.1. The standard InChI is InChI=1S/C21H31N5O2/c1-16(2)18-8-6-17(7-9-18)13-25-10-4-5-19(14-25)26-15-20(22-23-26)21(28)24(3)11-12-27/h6-9,15-16,19,27H,4-5,10-14H2,1-3H3. The molecule has 0 aliphatic carbocycles. The third-order valence-corrected chi connectivity index (χ3v) is 5.42. The van der Waals surface area contributed by atoms with E-state index in [2.05, 4.69) is 53.3 Å². The average molecular weight is 386 g/mol. The Morgan fingerprint density at radius 1 is 1.32 bits per heavy atom. The second kappa shape index (κ2) is 9.30. The number of carbonyl (C=O) groups is 1. The summed E-state index contributed by atoms with van der Waals surface area (Å²) in [5, 5.41) is 17.3. The minimum Gasteiger partial charge on any atom is -0.395 e. The van der Waals surface area contributed by atoms with Crippen molar-refractivity contribution in [2.75, 3.05) is 33.3 Å². The first-order chi connectivity index (χ1) is 13.5. The van der Waals surface area contributed by atoms with Crippen molar-refractivity contribution in [3.63, 3.8) is 0 Å². The molecule has 0 bridgehead atoms. The Kier molecular flexibility index (Phi) is 6.80. The van der Waals surface area contributed by atoms with Crippen LogP contribution in [0.3, 0.4) is 0 Å². The van der Waals surface area contributed by atoms with Crippen molar-refractivity contribution in [2.24, 2.45) is 0 Å². The van der Waals surface area contributed by atoms with Crippen molar-refractivity contribution < 1.29 is 9.90 Å². The number of aromatic nitrogens is 3. The molecule has 1 fully saturated rings. The van der Waals surface area contributed by atoms with Crippen LogP contribution in [0.5, 0.6) is 0 Å². The normalized spacial score (nSPS) is 17.8. The molecule has 28 heavy (non-hydrogen) atoms. The molecule has 1 amide bonds. The zero-order valence-electron chi connectivity index (χ0n) is 17.1. The van der Waals surface area contributed by atoms with Crippen LogP contribution in [0.15, 0.2) is 30.5 Å². The van der Waals surface area contributed by atoms with E-state index in [0.29, 0.717) is 18.2 Å². The lowest BCUT2D eigenvalue weighted by Crippen LogP contribution is -2.36. The molecule has 1 atom stereocenters. The van der Waals surface area contributed by atoms with Crippen LogP contribution >= 0.6 is 0 Å². The van der Waals surface area contributed by atoms with E-state index in [1.54, 1.807) is 13.2 Å². The number of hydrogen-bond donors (Lipinski definition) is 1. The summed E-state index contributed by atoms with van der Waals surface area (Å²) < 4.78 is 1.83. The van der Waals surface area contributed by atoms with Gasteiger partial charge in [0.1, 0.15) is 0 Å². The minimum atomic E-state index is -0.210. The van der Waals surface area contributed by atoms with E-state index in [9.17, 15) is 4.79 Å². The number of likely N-dealkylation sites (tertiary alicyclic amines) is 1. The summed E-state index contributed by atoms with van der Waals surface area (Å²) in [6.07, 6.45) is 3.87. The second-order valence-electron chi connectivity index (χ2n) is 7.96. The van der Waals surface area contributed by atoms with Crippen molar-refractivity contribution in [3.05, 3.63) is 47.3 Å². The summed E-state index contributed by atoms with van der Waals surface area (Å²) >= 11 is 0. The maximum absolute atomic E-state index is 12.3. The van der Waals surface area contributed by atoms with Crippen LogP contribution in [0.2, 0.25) is 0 Å². The fraction of sp³-hybridized carbons (Fsp3) is 0.571. The molecule has 7 heteroatoms. The van der Waals surface area contributed by atoms with E-state index in [1.807, 2.05) is 4.68 Å². The van der Waals surface area contributed by atoms with Gasteiger partial charge < -0.3 is 10.0 Å². The lowest BCUT2D eigenvalue weighted by atomic mass is 10.0. The van der Waals surface area contributed by atoms with Gasteiger partial charge in [-0.1, -0.05) is 43.3 Å². The Bertz CT molecular complexity index is 771. The number of aliphatic hydroxyl groups is 1. The van der Waals surface area contributed by atoms with E-state index < -0.39 is 0 Å². The molecule has 0 radical (unpaired) electrons. The van der Waals surface area contributed by atoms with Gasteiger partial charge in [0.05, 0.1) is 18.8 Å². The molecule has 1 aromatic carbocycles. The van der Waals surface area contributed by atoms with Crippen molar-refractivity contribution in [2.45, 2.75) is 45.2 Å². The molecule has 1 saturated heterocycles. The molecule has 3 rings (SSSR count). The summed E-state index contributed by atoms with van der Waals surface area (Å²) in [6.45, 7) is 7.54. The van der Waals surface area contributed by atoms with Gasteiger partial charge in [-0.2, -0.15) is 0 Å². The average Bonchev–Trinajstić information content (AvgIpc) is 3.18. The molecule has 152 valence electrons. The second-order valence-corrected chi connectivity index (χ2v) is 7.96. The van der Waals surface area contributed by atoms with E-state index in [1.165, 1.54) is 16.0 Å². The molecule has 1 unspecified atom stereocenters. The number of aliphatic hydroxyl groups excluding tert-OH is 1. The summed E-state index contributed by atoms with van der Waals surface area (Å²) in [5.74, 6) is 0.340. The van der Waals surface area contributed by atoms with Crippen LogP contribution < -0.4 is 0 Å². The number of nitrogens with zero attached hydrogens (tertiary/aromatic N) is 5. The Labute approximate surface area is 166 Å². The Morgan fingerprint density at radius 3 is 2.75 bits per heavy atom. The predicted molar refractivity (Wildman–Crippen MR) is 108 cm³/mol. The highest BCUT2D eigenvalue weighted by atomic mass is 16.3. The number of carbonyl (C=O) groups excluding carboxylic acids is 1. The highest BCUT2D eigenvalue weighted by Crippen LogP contribution is 2.23. The number of likely N-dealkylation sites (N-methyl/N-ethyl adjacent to an activating group) is 1. The Balaban J connectivity index is 1.61. The van der Waals surface area contributed by atoms with Crippen LogP contribution in [0.4, 0.5) is 0 Å². The lowest BCUT2D eigenvalue weighted by Gasteiger charge is -2.32. The largest absolute Gasteiger partial charge is 0.395 e. The van der Waals surface area contributed by atoms with E-state index in [0.717, 1.165) is 32.5 Å². The Hall–Kier alpha value is -2.25. The van der Waals surface area contributed by atoms with Gasteiger partial charge in [0.25, 0.3) is 5.91 Å². The number of piperidine rings is 1.